The zero-order chi connectivity index (χ0) is 22.8. The van der Waals surface area contributed by atoms with Crippen LogP contribution in [0, 0.1) is 0 Å². The van der Waals surface area contributed by atoms with Gasteiger partial charge in [0.25, 0.3) is 0 Å². The largest absolute Gasteiger partial charge is 0.378 e. The van der Waals surface area contributed by atoms with Crippen molar-refractivity contribution in [3.8, 4) is 11.4 Å². The SMILES string of the molecule is CCNC(=O)Nc1ccc(-c2nc3c(c(N4CCOCC4C)n2)CCN(C2COC2)C3)cc1. The van der Waals surface area contributed by atoms with Crippen molar-refractivity contribution in [2.45, 2.75) is 38.9 Å². The minimum atomic E-state index is -0.209. The third kappa shape index (κ3) is 4.66. The summed E-state index contributed by atoms with van der Waals surface area (Å²) in [5, 5.41) is 5.58. The van der Waals surface area contributed by atoms with Crippen LogP contribution in [0.3, 0.4) is 0 Å². The molecular formula is C24H32N6O3. The molecule has 1 aromatic heterocycles. The average Bonchev–Trinajstić information content (AvgIpc) is 2.78. The molecule has 9 nitrogen and oxygen atoms in total. The Balaban J connectivity index is 1.47. The van der Waals surface area contributed by atoms with Crippen molar-refractivity contribution in [1.29, 1.82) is 0 Å². The van der Waals surface area contributed by atoms with E-state index in [0.29, 0.717) is 25.8 Å². The summed E-state index contributed by atoms with van der Waals surface area (Å²) in [5.74, 6) is 1.76. The van der Waals surface area contributed by atoms with Crippen LogP contribution in [0.4, 0.5) is 16.3 Å². The Morgan fingerprint density at radius 2 is 1.94 bits per heavy atom. The molecule has 2 N–H and O–H groups in total. The van der Waals surface area contributed by atoms with Crippen LogP contribution >= 0.6 is 0 Å². The second-order valence-corrected chi connectivity index (χ2v) is 8.89. The first kappa shape index (κ1) is 22.1. The molecule has 9 heteroatoms. The average molecular weight is 453 g/mol. The number of nitrogens with zero attached hydrogens (tertiary/aromatic N) is 4. The first-order valence-electron chi connectivity index (χ1n) is 11.8. The van der Waals surface area contributed by atoms with Crippen LogP contribution in [0.25, 0.3) is 11.4 Å². The lowest BCUT2D eigenvalue weighted by atomic mass is 10.0. The van der Waals surface area contributed by atoms with Crippen molar-refractivity contribution in [2.24, 2.45) is 0 Å². The number of hydrogen-bond acceptors (Lipinski definition) is 7. The highest BCUT2D eigenvalue weighted by atomic mass is 16.5. The third-order valence-electron chi connectivity index (χ3n) is 6.59. The number of ether oxygens (including phenoxy) is 2. The van der Waals surface area contributed by atoms with Crippen molar-refractivity contribution in [3.05, 3.63) is 35.5 Å². The van der Waals surface area contributed by atoms with Crippen molar-refractivity contribution in [1.82, 2.24) is 20.2 Å². The molecular weight excluding hydrogens is 420 g/mol. The predicted molar refractivity (Wildman–Crippen MR) is 127 cm³/mol. The van der Waals surface area contributed by atoms with E-state index < -0.39 is 0 Å². The molecule has 3 aliphatic rings. The number of morpholine rings is 1. The standard InChI is InChI=1S/C24H32N6O3/c1-3-25-24(31)26-18-6-4-17(5-7-18)22-27-21-12-29(19-14-33-15-19)9-8-20(21)23(28-22)30-10-11-32-13-16(30)2/h4-7,16,19H,3,8-15H2,1-2H3,(H2,25,26,31). The molecule has 2 amide bonds. The molecule has 1 atom stereocenters. The lowest BCUT2D eigenvalue weighted by molar-refractivity contribution is -0.0699. The molecule has 0 spiro atoms. The Morgan fingerprint density at radius 1 is 1.12 bits per heavy atom. The smallest absolute Gasteiger partial charge is 0.319 e. The number of fused-ring (bicyclic) bond motifs is 1. The van der Waals surface area contributed by atoms with Crippen LogP contribution in [0.15, 0.2) is 24.3 Å². The summed E-state index contributed by atoms with van der Waals surface area (Å²) in [6.07, 6.45) is 0.945. The predicted octanol–water partition coefficient (Wildman–Crippen LogP) is 2.27. The lowest BCUT2D eigenvalue weighted by Gasteiger charge is -2.41. The van der Waals surface area contributed by atoms with Gasteiger partial charge < -0.3 is 25.0 Å². The fourth-order valence-electron chi connectivity index (χ4n) is 4.62. The molecule has 1 aromatic carbocycles. The van der Waals surface area contributed by atoms with Crippen LogP contribution in [0.5, 0.6) is 0 Å². The zero-order valence-electron chi connectivity index (χ0n) is 19.3. The second kappa shape index (κ2) is 9.62. The number of hydrogen-bond donors (Lipinski definition) is 2. The molecule has 0 saturated carbocycles. The molecule has 4 heterocycles. The van der Waals surface area contributed by atoms with Gasteiger partial charge in [0.2, 0.25) is 0 Å². The van der Waals surface area contributed by atoms with E-state index in [0.717, 1.165) is 67.9 Å². The summed E-state index contributed by atoms with van der Waals surface area (Å²) in [4.78, 5) is 26.8. The molecule has 1 unspecified atom stereocenters. The quantitative estimate of drug-likeness (QED) is 0.719. The van der Waals surface area contributed by atoms with Gasteiger partial charge in [0, 0.05) is 43.0 Å². The van der Waals surface area contributed by atoms with E-state index in [1.165, 1.54) is 5.56 Å². The topological polar surface area (TPSA) is 91.9 Å². The zero-order valence-corrected chi connectivity index (χ0v) is 19.3. The van der Waals surface area contributed by atoms with E-state index in [2.05, 4.69) is 27.4 Å². The minimum absolute atomic E-state index is 0.209. The number of urea groups is 1. The molecule has 0 aliphatic carbocycles. The van der Waals surface area contributed by atoms with Crippen LogP contribution in [-0.4, -0.2) is 79.0 Å². The van der Waals surface area contributed by atoms with Gasteiger partial charge in [-0.1, -0.05) is 0 Å². The van der Waals surface area contributed by atoms with Crippen LogP contribution in [0.1, 0.15) is 25.1 Å². The molecule has 33 heavy (non-hydrogen) atoms. The summed E-state index contributed by atoms with van der Waals surface area (Å²) in [5.41, 5.74) is 4.04. The highest BCUT2D eigenvalue weighted by Gasteiger charge is 2.33. The molecule has 176 valence electrons. The van der Waals surface area contributed by atoms with Gasteiger partial charge in [-0.05, 0) is 44.5 Å². The monoisotopic (exact) mass is 452 g/mol. The maximum absolute atomic E-state index is 11.8. The number of benzene rings is 1. The van der Waals surface area contributed by atoms with Crippen LogP contribution in [0.2, 0.25) is 0 Å². The van der Waals surface area contributed by atoms with Gasteiger partial charge in [-0.2, -0.15) is 0 Å². The molecule has 2 saturated heterocycles. The minimum Gasteiger partial charge on any atom is -0.378 e. The van der Waals surface area contributed by atoms with E-state index >= 15 is 0 Å². The second-order valence-electron chi connectivity index (χ2n) is 8.89. The number of amides is 2. The van der Waals surface area contributed by atoms with Gasteiger partial charge in [0.1, 0.15) is 5.82 Å². The number of anilines is 2. The van der Waals surface area contributed by atoms with E-state index in [1.807, 2.05) is 31.2 Å². The molecule has 0 bridgehead atoms. The van der Waals surface area contributed by atoms with Gasteiger partial charge in [0.15, 0.2) is 5.82 Å². The number of carbonyl (C=O) groups is 1. The van der Waals surface area contributed by atoms with Crippen LogP contribution < -0.4 is 15.5 Å². The van der Waals surface area contributed by atoms with Gasteiger partial charge in [0.05, 0.1) is 44.2 Å². The summed E-state index contributed by atoms with van der Waals surface area (Å²) >= 11 is 0. The first-order valence-corrected chi connectivity index (χ1v) is 11.8. The van der Waals surface area contributed by atoms with Crippen molar-refractivity contribution >= 4 is 17.5 Å². The fraction of sp³-hybridized carbons (Fsp3) is 0.542. The van der Waals surface area contributed by atoms with Gasteiger partial charge in [-0.15, -0.1) is 0 Å². The number of rotatable bonds is 5. The lowest BCUT2D eigenvalue weighted by Crippen LogP contribution is -2.51. The van der Waals surface area contributed by atoms with E-state index in [9.17, 15) is 4.79 Å². The fourth-order valence-corrected chi connectivity index (χ4v) is 4.62. The van der Waals surface area contributed by atoms with E-state index in [1.54, 1.807) is 0 Å². The number of nitrogens with one attached hydrogen (secondary N) is 2. The van der Waals surface area contributed by atoms with Gasteiger partial charge in [-0.3, -0.25) is 4.90 Å². The third-order valence-corrected chi connectivity index (χ3v) is 6.59. The van der Waals surface area contributed by atoms with Crippen LogP contribution in [-0.2, 0) is 22.4 Å². The Hall–Kier alpha value is -2.75. The van der Waals surface area contributed by atoms with Crippen molar-refractivity contribution < 1.29 is 14.3 Å². The van der Waals surface area contributed by atoms with E-state index in [4.69, 9.17) is 19.4 Å². The number of aromatic nitrogens is 2. The Morgan fingerprint density at radius 3 is 2.64 bits per heavy atom. The Bertz CT molecular complexity index is 994. The summed E-state index contributed by atoms with van der Waals surface area (Å²) < 4.78 is 11.1. The summed E-state index contributed by atoms with van der Waals surface area (Å²) in [6, 6.07) is 8.27. The van der Waals surface area contributed by atoms with Gasteiger partial charge >= 0.3 is 6.03 Å². The Labute approximate surface area is 194 Å². The normalized spacial score (nSPS) is 21.3. The highest BCUT2D eigenvalue weighted by molar-refractivity contribution is 5.89. The number of carbonyl (C=O) groups excluding carboxylic acids is 1. The van der Waals surface area contributed by atoms with E-state index in [-0.39, 0.29) is 12.1 Å². The first-order chi connectivity index (χ1) is 16.1. The van der Waals surface area contributed by atoms with Crippen molar-refractivity contribution in [2.75, 3.05) is 56.3 Å². The molecule has 2 aromatic rings. The maximum atomic E-state index is 11.8. The summed E-state index contributed by atoms with van der Waals surface area (Å²) in [7, 11) is 0. The molecule has 2 fully saturated rings. The maximum Gasteiger partial charge on any atom is 0.319 e. The van der Waals surface area contributed by atoms with Gasteiger partial charge in [-0.25, -0.2) is 14.8 Å². The Kier molecular flexibility index (Phi) is 6.43. The summed E-state index contributed by atoms with van der Waals surface area (Å²) in [6.45, 7) is 10.4. The molecule has 5 rings (SSSR count). The molecule has 3 aliphatic heterocycles. The highest BCUT2D eigenvalue weighted by Crippen LogP contribution is 2.32. The van der Waals surface area contributed by atoms with Crippen molar-refractivity contribution in [3.63, 3.8) is 0 Å². The molecule has 0 radical (unpaired) electrons.